The number of nitrogens with zero attached hydrogens (tertiary/aromatic N) is 4. The van der Waals surface area contributed by atoms with Gasteiger partial charge in [0, 0.05) is 18.7 Å². The fourth-order valence-electron chi connectivity index (χ4n) is 3.50. The molecule has 0 bridgehead atoms. The van der Waals surface area contributed by atoms with Crippen LogP contribution in [0.3, 0.4) is 0 Å². The first-order chi connectivity index (χ1) is 16.6. The number of carbonyl (C=O) groups is 1. The number of methoxy groups -OCH3 is 1. The van der Waals surface area contributed by atoms with E-state index in [4.69, 9.17) is 9.47 Å². The van der Waals surface area contributed by atoms with Gasteiger partial charge in [-0.1, -0.05) is 30.0 Å². The van der Waals surface area contributed by atoms with Crippen LogP contribution in [0.4, 0.5) is 10.1 Å². The molecule has 0 saturated carbocycles. The van der Waals surface area contributed by atoms with E-state index in [1.807, 2.05) is 41.8 Å². The Hall–Kier alpha value is -3.50. The quantitative estimate of drug-likeness (QED) is 0.334. The van der Waals surface area contributed by atoms with E-state index in [1.165, 1.54) is 17.8 Å². The standard InChI is InChI=1S/C24H24FN5O3S/c1-16(13-32-2)30-22(14-33-21-11-4-3-8-18(21)25)28-29-24(30)34-15-23(31)27-20-10-5-9-19-17(20)7-6-12-26-19/h3-12,16H,13-15H2,1-2H3,(H,27,31). The van der Waals surface area contributed by atoms with Gasteiger partial charge in [0.2, 0.25) is 5.91 Å². The van der Waals surface area contributed by atoms with Crippen molar-refractivity contribution in [2.45, 2.75) is 24.7 Å². The maximum atomic E-state index is 13.9. The number of hydrogen-bond donors (Lipinski definition) is 1. The highest BCUT2D eigenvalue weighted by atomic mass is 32.2. The van der Waals surface area contributed by atoms with Crippen molar-refractivity contribution in [1.29, 1.82) is 0 Å². The number of nitrogens with one attached hydrogen (secondary N) is 1. The molecule has 2 heterocycles. The van der Waals surface area contributed by atoms with E-state index in [1.54, 1.807) is 31.5 Å². The van der Waals surface area contributed by atoms with Crippen LogP contribution in [-0.2, 0) is 16.1 Å². The lowest BCUT2D eigenvalue weighted by Crippen LogP contribution is -2.18. The number of rotatable bonds is 10. The Balaban J connectivity index is 1.46. The van der Waals surface area contributed by atoms with Crippen molar-refractivity contribution < 1.29 is 18.7 Å². The van der Waals surface area contributed by atoms with Gasteiger partial charge in [-0.3, -0.25) is 14.3 Å². The Labute approximate surface area is 200 Å². The summed E-state index contributed by atoms with van der Waals surface area (Å²) in [6.45, 7) is 2.39. The number of fused-ring (bicyclic) bond motifs is 1. The molecule has 0 aliphatic rings. The fourth-order valence-corrected chi connectivity index (χ4v) is 4.35. The van der Waals surface area contributed by atoms with Crippen LogP contribution in [0.1, 0.15) is 18.8 Å². The van der Waals surface area contributed by atoms with Crippen LogP contribution in [0.5, 0.6) is 5.75 Å². The monoisotopic (exact) mass is 481 g/mol. The van der Waals surface area contributed by atoms with Crippen molar-refractivity contribution in [3.05, 3.63) is 72.4 Å². The Morgan fingerprint density at radius 3 is 2.82 bits per heavy atom. The number of amides is 1. The summed E-state index contributed by atoms with van der Waals surface area (Å²) in [6, 6.07) is 15.4. The molecule has 0 radical (unpaired) electrons. The van der Waals surface area contributed by atoms with Crippen molar-refractivity contribution in [2.75, 3.05) is 24.8 Å². The van der Waals surface area contributed by atoms with Crippen molar-refractivity contribution in [3.8, 4) is 5.75 Å². The third-order valence-corrected chi connectivity index (χ3v) is 5.97. The van der Waals surface area contributed by atoms with Crippen LogP contribution >= 0.6 is 11.8 Å². The maximum Gasteiger partial charge on any atom is 0.234 e. The summed E-state index contributed by atoms with van der Waals surface area (Å²) in [5.41, 5.74) is 1.50. The largest absolute Gasteiger partial charge is 0.483 e. The number of anilines is 1. The van der Waals surface area contributed by atoms with Gasteiger partial charge in [0.05, 0.1) is 29.6 Å². The van der Waals surface area contributed by atoms with Gasteiger partial charge in [0.15, 0.2) is 22.5 Å². The first-order valence-corrected chi connectivity index (χ1v) is 11.6. The molecule has 0 spiro atoms. The molecule has 176 valence electrons. The summed E-state index contributed by atoms with van der Waals surface area (Å²) >= 11 is 1.26. The first-order valence-electron chi connectivity index (χ1n) is 10.6. The van der Waals surface area contributed by atoms with Gasteiger partial charge < -0.3 is 14.8 Å². The van der Waals surface area contributed by atoms with Crippen LogP contribution < -0.4 is 10.1 Å². The van der Waals surface area contributed by atoms with Gasteiger partial charge in [-0.05, 0) is 43.3 Å². The van der Waals surface area contributed by atoms with Crippen LogP contribution in [0.25, 0.3) is 10.9 Å². The normalized spacial score (nSPS) is 12.0. The number of pyridine rings is 1. The number of thioether (sulfide) groups is 1. The number of benzene rings is 2. The molecule has 0 fully saturated rings. The summed E-state index contributed by atoms with van der Waals surface area (Å²) in [4.78, 5) is 17.0. The van der Waals surface area contributed by atoms with E-state index in [0.29, 0.717) is 23.3 Å². The molecule has 2 aromatic carbocycles. The summed E-state index contributed by atoms with van der Waals surface area (Å²) in [7, 11) is 1.61. The van der Waals surface area contributed by atoms with Crippen LogP contribution in [0.15, 0.2) is 66.0 Å². The van der Waals surface area contributed by atoms with Crippen molar-refractivity contribution >= 4 is 34.3 Å². The predicted molar refractivity (Wildman–Crippen MR) is 128 cm³/mol. The molecule has 0 aliphatic heterocycles. The smallest absolute Gasteiger partial charge is 0.234 e. The highest BCUT2D eigenvalue weighted by Gasteiger charge is 2.20. The zero-order valence-electron chi connectivity index (χ0n) is 18.8. The Bertz CT molecular complexity index is 1280. The molecule has 1 amide bonds. The van der Waals surface area contributed by atoms with Crippen LogP contribution in [-0.4, -0.2) is 45.1 Å². The molecule has 4 rings (SSSR count). The highest BCUT2D eigenvalue weighted by molar-refractivity contribution is 7.99. The van der Waals surface area contributed by atoms with Gasteiger partial charge in [-0.2, -0.15) is 0 Å². The average Bonchev–Trinajstić information content (AvgIpc) is 3.25. The lowest BCUT2D eigenvalue weighted by molar-refractivity contribution is -0.113. The molecule has 2 aromatic heterocycles. The molecule has 34 heavy (non-hydrogen) atoms. The van der Waals surface area contributed by atoms with Crippen molar-refractivity contribution in [3.63, 3.8) is 0 Å². The lowest BCUT2D eigenvalue weighted by Gasteiger charge is -2.17. The SMILES string of the molecule is COCC(C)n1c(COc2ccccc2F)nnc1SCC(=O)Nc1cccc2ncccc12. The lowest BCUT2D eigenvalue weighted by atomic mass is 10.2. The molecule has 1 unspecified atom stereocenters. The number of halogens is 1. The van der Waals surface area contributed by atoms with Crippen LogP contribution in [0, 0.1) is 5.82 Å². The maximum absolute atomic E-state index is 13.9. The summed E-state index contributed by atoms with van der Waals surface area (Å²) in [5, 5.41) is 12.8. The molecule has 4 aromatic rings. The number of hydrogen-bond acceptors (Lipinski definition) is 7. The van der Waals surface area contributed by atoms with Crippen molar-refractivity contribution in [1.82, 2.24) is 19.7 Å². The van der Waals surface area contributed by atoms with E-state index in [0.717, 1.165) is 10.9 Å². The van der Waals surface area contributed by atoms with Gasteiger partial charge in [-0.25, -0.2) is 4.39 Å². The Kier molecular flexibility index (Phi) is 7.71. The minimum absolute atomic E-state index is 0.0255. The highest BCUT2D eigenvalue weighted by Crippen LogP contribution is 2.25. The van der Waals surface area contributed by atoms with Crippen LogP contribution in [0.2, 0.25) is 0 Å². The van der Waals surface area contributed by atoms with Gasteiger partial charge >= 0.3 is 0 Å². The molecule has 1 N–H and O–H groups in total. The zero-order chi connectivity index (χ0) is 23.9. The topological polar surface area (TPSA) is 91.2 Å². The van der Waals surface area contributed by atoms with E-state index >= 15 is 0 Å². The minimum atomic E-state index is -0.451. The third kappa shape index (κ3) is 5.52. The summed E-state index contributed by atoms with van der Waals surface area (Å²) < 4.78 is 26.7. The molecule has 10 heteroatoms. The minimum Gasteiger partial charge on any atom is -0.483 e. The average molecular weight is 482 g/mol. The molecule has 1 atom stereocenters. The van der Waals surface area contributed by atoms with Gasteiger partial charge in [-0.15, -0.1) is 10.2 Å². The molecular formula is C24H24FN5O3S. The van der Waals surface area contributed by atoms with E-state index in [9.17, 15) is 9.18 Å². The molecule has 8 nitrogen and oxygen atoms in total. The zero-order valence-corrected chi connectivity index (χ0v) is 19.6. The number of carbonyl (C=O) groups excluding carboxylic acids is 1. The number of para-hydroxylation sites is 1. The molecule has 0 aliphatic carbocycles. The molecular weight excluding hydrogens is 457 g/mol. The summed E-state index contributed by atoms with van der Waals surface area (Å²) in [5.74, 6) is 0.140. The second-order valence-corrected chi connectivity index (χ2v) is 8.45. The van der Waals surface area contributed by atoms with E-state index in [2.05, 4.69) is 20.5 Å². The van der Waals surface area contributed by atoms with Gasteiger partial charge in [0.25, 0.3) is 0 Å². The Morgan fingerprint density at radius 1 is 1.15 bits per heavy atom. The summed E-state index contributed by atoms with van der Waals surface area (Å²) in [6.07, 6.45) is 1.71. The predicted octanol–water partition coefficient (Wildman–Crippen LogP) is 4.48. The number of aromatic nitrogens is 4. The second-order valence-electron chi connectivity index (χ2n) is 7.50. The Morgan fingerprint density at radius 2 is 2.00 bits per heavy atom. The molecule has 0 saturated heterocycles. The van der Waals surface area contributed by atoms with E-state index in [-0.39, 0.29) is 30.1 Å². The third-order valence-electron chi connectivity index (χ3n) is 5.03. The number of ether oxygens (including phenoxy) is 2. The van der Waals surface area contributed by atoms with Gasteiger partial charge in [0.1, 0.15) is 6.61 Å². The fraction of sp³-hybridized carbons (Fsp3) is 0.250. The van der Waals surface area contributed by atoms with E-state index < -0.39 is 5.82 Å². The first kappa shape index (κ1) is 23.7. The second kappa shape index (κ2) is 11.1. The van der Waals surface area contributed by atoms with Crippen molar-refractivity contribution in [2.24, 2.45) is 0 Å².